The maximum absolute atomic E-state index is 10.5. The second-order valence-corrected chi connectivity index (χ2v) is 10.6. The molecule has 5 rings (SSSR count). The lowest BCUT2D eigenvalue weighted by Crippen LogP contribution is -2.51. The van der Waals surface area contributed by atoms with E-state index in [1.165, 1.54) is 38.5 Å². The molecule has 0 saturated heterocycles. The summed E-state index contributed by atoms with van der Waals surface area (Å²) >= 11 is 0. The van der Waals surface area contributed by atoms with E-state index >= 15 is 0 Å². The van der Waals surface area contributed by atoms with Crippen LogP contribution in [0.25, 0.3) is 0 Å². The molecule has 0 radical (unpaired) electrons. The van der Waals surface area contributed by atoms with E-state index < -0.39 is 0 Å². The van der Waals surface area contributed by atoms with Gasteiger partial charge in [-0.05, 0) is 86.0 Å². The molecule has 6 nitrogen and oxygen atoms in total. The van der Waals surface area contributed by atoms with Crippen LogP contribution in [-0.2, 0) is 13.0 Å². The minimum Gasteiger partial charge on any atom is -0.444 e. The molecule has 0 amide bonds. The summed E-state index contributed by atoms with van der Waals surface area (Å²) in [5.41, 5.74) is 8.22. The highest BCUT2D eigenvalue weighted by Gasteiger charge is 2.58. The molecule has 5 N–H and O–H groups in total. The molecule has 172 valence electrons. The Kier molecular flexibility index (Phi) is 6.44. The van der Waals surface area contributed by atoms with Gasteiger partial charge in [-0.25, -0.2) is 4.98 Å². The Bertz CT molecular complexity index is 834. The van der Waals surface area contributed by atoms with E-state index in [9.17, 15) is 5.11 Å². The summed E-state index contributed by atoms with van der Waals surface area (Å²) < 4.78 is 5.08. The van der Waals surface area contributed by atoms with Crippen LogP contribution in [0.5, 0.6) is 0 Å². The summed E-state index contributed by atoms with van der Waals surface area (Å²) in [7, 11) is 0. The van der Waals surface area contributed by atoms with E-state index in [0.29, 0.717) is 30.0 Å². The maximum Gasteiger partial charge on any atom is 0.196 e. The van der Waals surface area contributed by atoms with Gasteiger partial charge in [0.1, 0.15) is 5.76 Å². The molecule has 0 aliphatic heterocycles. The van der Waals surface area contributed by atoms with Crippen LogP contribution in [0.4, 0.5) is 0 Å². The van der Waals surface area contributed by atoms with Crippen molar-refractivity contribution < 1.29 is 14.6 Å². The Morgan fingerprint density at radius 3 is 2.68 bits per heavy atom. The first-order valence-electron chi connectivity index (χ1n) is 12.0. The number of hydrogen-bond donors (Lipinski definition) is 4. The number of rotatable bonds is 3. The number of nitrogens with zero attached hydrogens (tertiary/aromatic N) is 1. The topological polar surface area (TPSA) is 116 Å². The van der Waals surface area contributed by atoms with Crippen LogP contribution in [0.15, 0.2) is 22.3 Å². The van der Waals surface area contributed by atoms with Gasteiger partial charge in [-0.15, -0.1) is 0 Å². The fourth-order valence-corrected chi connectivity index (χ4v) is 7.21. The number of allylic oxidation sites excluding steroid dienone is 2. The molecule has 4 aliphatic rings. The van der Waals surface area contributed by atoms with Crippen molar-refractivity contribution >= 4 is 5.71 Å². The quantitative estimate of drug-likeness (QED) is 0.579. The minimum absolute atomic E-state index is 0.0600. The minimum atomic E-state index is -0.0623. The Balaban J connectivity index is 0.000000196. The third-order valence-electron chi connectivity index (χ3n) is 9.08. The zero-order chi connectivity index (χ0) is 22.2. The Hall–Kier alpha value is -1.50. The van der Waals surface area contributed by atoms with Crippen molar-refractivity contribution in [3.05, 3.63) is 29.5 Å². The largest absolute Gasteiger partial charge is 0.444 e. The summed E-state index contributed by atoms with van der Waals surface area (Å²) in [6.45, 7) is 5.26. The fraction of sp³-hybridized carbons (Fsp3) is 0.760. The van der Waals surface area contributed by atoms with Crippen molar-refractivity contribution in [2.75, 3.05) is 6.61 Å². The molecule has 6 atom stereocenters. The molecule has 0 bridgehead atoms. The number of oxazole rings is 1. The summed E-state index contributed by atoms with van der Waals surface area (Å²) in [6.07, 6.45) is 13.6. The zero-order valence-electron chi connectivity index (χ0n) is 19.1. The van der Waals surface area contributed by atoms with Crippen molar-refractivity contribution in [1.82, 2.24) is 4.98 Å². The first-order valence-corrected chi connectivity index (χ1v) is 12.0. The van der Waals surface area contributed by atoms with Gasteiger partial charge in [-0.1, -0.05) is 19.4 Å². The third-order valence-corrected chi connectivity index (χ3v) is 9.08. The molecule has 6 heteroatoms. The van der Waals surface area contributed by atoms with Crippen molar-refractivity contribution in [1.29, 1.82) is 5.41 Å². The molecule has 4 aliphatic carbocycles. The molecular formula is C25H39N3O3. The van der Waals surface area contributed by atoms with Crippen LogP contribution in [0.1, 0.15) is 76.9 Å². The molecule has 1 aromatic heterocycles. The third kappa shape index (κ3) is 4.03. The molecule has 1 heterocycles. The first kappa shape index (κ1) is 22.7. The van der Waals surface area contributed by atoms with Crippen molar-refractivity contribution in [3.63, 3.8) is 0 Å². The normalized spacial score (nSPS) is 39.0. The Labute approximate surface area is 185 Å². The second kappa shape index (κ2) is 8.80. The van der Waals surface area contributed by atoms with Gasteiger partial charge in [-0.2, -0.15) is 0 Å². The number of aliphatic hydroxyl groups excluding tert-OH is 2. The van der Waals surface area contributed by atoms with Gasteiger partial charge in [-0.3, -0.25) is 0 Å². The highest BCUT2D eigenvalue weighted by Crippen LogP contribution is 2.65. The van der Waals surface area contributed by atoms with Crippen molar-refractivity contribution in [2.24, 2.45) is 34.3 Å². The van der Waals surface area contributed by atoms with E-state index in [-0.39, 0.29) is 18.1 Å². The summed E-state index contributed by atoms with van der Waals surface area (Å²) in [4.78, 5) is 3.87. The average molecular weight is 430 g/mol. The molecular weight excluding hydrogens is 390 g/mol. The monoisotopic (exact) mass is 429 g/mol. The number of nitrogens with one attached hydrogen (secondary N) is 1. The van der Waals surface area contributed by atoms with Crippen LogP contribution in [0.2, 0.25) is 0 Å². The molecule has 3 fully saturated rings. The lowest BCUT2D eigenvalue weighted by atomic mass is 9.47. The SMILES string of the molecule is C[C@]12CCC(=N)C=C1CCC1C2CC[C@@]2(C)C1CC[C@@H]2O.NCc1cnc(CCO)o1. The predicted molar refractivity (Wildman–Crippen MR) is 121 cm³/mol. The highest BCUT2D eigenvalue weighted by atomic mass is 16.4. The summed E-state index contributed by atoms with van der Waals surface area (Å²) in [5.74, 6) is 3.56. The number of hydrogen-bond acceptors (Lipinski definition) is 6. The summed E-state index contributed by atoms with van der Waals surface area (Å²) in [5, 5.41) is 26.9. The number of fused-ring (bicyclic) bond motifs is 5. The average Bonchev–Trinajstić information content (AvgIpc) is 3.33. The van der Waals surface area contributed by atoms with Crippen LogP contribution in [-0.4, -0.2) is 33.6 Å². The predicted octanol–water partition coefficient (Wildman–Crippen LogP) is 4.00. The van der Waals surface area contributed by atoms with Gasteiger partial charge >= 0.3 is 0 Å². The molecule has 0 spiro atoms. The number of nitrogens with two attached hydrogens (primary N) is 1. The zero-order valence-corrected chi connectivity index (χ0v) is 19.1. The molecule has 0 aromatic carbocycles. The van der Waals surface area contributed by atoms with Gasteiger partial charge in [0.25, 0.3) is 0 Å². The number of aromatic nitrogens is 1. The van der Waals surface area contributed by atoms with Crippen molar-refractivity contribution in [2.45, 2.75) is 84.3 Å². The van der Waals surface area contributed by atoms with Gasteiger partial charge in [0, 0.05) is 12.1 Å². The fourth-order valence-electron chi connectivity index (χ4n) is 7.21. The maximum atomic E-state index is 10.5. The molecule has 31 heavy (non-hydrogen) atoms. The van der Waals surface area contributed by atoms with Crippen LogP contribution in [0, 0.1) is 34.0 Å². The van der Waals surface area contributed by atoms with E-state index in [2.05, 4.69) is 24.9 Å². The Morgan fingerprint density at radius 2 is 1.97 bits per heavy atom. The Morgan fingerprint density at radius 1 is 1.16 bits per heavy atom. The van der Waals surface area contributed by atoms with E-state index in [0.717, 1.165) is 36.3 Å². The second-order valence-electron chi connectivity index (χ2n) is 10.6. The van der Waals surface area contributed by atoms with Crippen molar-refractivity contribution in [3.8, 4) is 0 Å². The van der Waals surface area contributed by atoms with E-state index in [1.54, 1.807) is 11.8 Å². The van der Waals surface area contributed by atoms with E-state index in [1.807, 2.05) is 0 Å². The smallest absolute Gasteiger partial charge is 0.196 e. The first-order chi connectivity index (χ1) is 14.8. The molecule has 3 unspecified atom stereocenters. The van der Waals surface area contributed by atoms with Gasteiger partial charge in [0.05, 0.1) is 25.5 Å². The van der Waals surface area contributed by atoms with E-state index in [4.69, 9.17) is 20.7 Å². The molecule has 3 saturated carbocycles. The standard InChI is InChI=1S/C19H29NO.C6H10N2O2/c1-18-9-7-13(20)11-12(18)3-4-14-15-5-6-17(21)19(15,2)10-8-16(14)18;7-3-5-4-8-6(10-5)1-2-9/h11,14-17,20-21H,3-10H2,1-2H3;4,9H,1-3,7H2/t14?,15?,16?,17-,18-,19-;/m0./s1. The van der Waals surface area contributed by atoms with Crippen LogP contribution in [0.3, 0.4) is 0 Å². The lowest BCUT2D eigenvalue weighted by molar-refractivity contribution is -0.0721. The van der Waals surface area contributed by atoms with Gasteiger partial charge < -0.3 is 25.8 Å². The summed E-state index contributed by atoms with van der Waals surface area (Å²) in [6, 6.07) is 0. The molecule has 1 aromatic rings. The number of aliphatic hydroxyl groups is 2. The van der Waals surface area contributed by atoms with Crippen LogP contribution >= 0.6 is 0 Å². The lowest BCUT2D eigenvalue weighted by Gasteiger charge is -2.57. The van der Waals surface area contributed by atoms with Gasteiger partial charge in [0.15, 0.2) is 5.89 Å². The van der Waals surface area contributed by atoms with Gasteiger partial charge in [0.2, 0.25) is 0 Å². The highest BCUT2D eigenvalue weighted by molar-refractivity contribution is 5.94. The van der Waals surface area contributed by atoms with Crippen LogP contribution < -0.4 is 5.73 Å².